The number of piperazine rings is 1. The van der Waals surface area contributed by atoms with E-state index in [-0.39, 0.29) is 0 Å². The van der Waals surface area contributed by atoms with Gasteiger partial charge < -0.3 is 15.1 Å². The highest BCUT2D eigenvalue weighted by atomic mass is 32.1. The quantitative estimate of drug-likeness (QED) is 0.598. The second kappa shape index (κ2) is 7.56. The van der Waals surface area contributed by atoms with E-state index in [4.69, 9.17) is 12.2 Å². The predicted molar refractivity (Wildman–Crippen MR) is 111 cm³/mol. The molecule has 4 rings (SSSR count). The lowest BCUT2D eigenvalue weighted by Crippen LogP contribution is -2.50. The minimum Gasteiger partial charge on any atom is -0.352 e. The molecule has 0 aliphatic carbocycles. The molecule has 2 heterocycles. The van der Waals surface area contributed by atoms with Crippen LogP contribution >= 0.6 is 23.8 Å². The van der Waals surface area contributed by atoms with E-state index < -0.39 is 11.7 Å². The zero-order valence-corrected chi connectivity index (χ0v) is 16.4. The van der Waals surface area contributed by atoms with E-state index in [0.717, 1.165) is 49.5 Å². The van der Waals surface area contributed by atoms with E-state index >= 15 is 0 Å². The smallest absolute Gasteiger partial charge is 0.352 e. The van der Waals surface area contributed by atoms with Crippen LogP contribution in [0.5, 0.6) is 0 Å². The molecule has 0 amide bonds. The Kier molecular flexibility index (Phi) is 5.11. The Hall–Kier alpha value is -2.39. The van der Waals surface area contributed by atoms with E-state index in [2.05, 4.69) is 26.7 Å². The molecule has 3 aromatic rings. The number of alkyl halides is 3. The molecule has 1 fully saturated rings. The molecule has 0 unspecified atom stereocenters. The van der Waals surface area contributed by atoms with Crippen molar-refractivity contribution in [2.45, 2.75) is 6.18 Å². The number of aromatic nitrogens is 1. The van der Waals surface area contributed by atoms with Crippen molar-refractivity contribution in [1.82, 2.24) is 9.27 Å². The fraction of sp³-hybridized carbons (Fsp3) is 0.263. The van der Waals surface area contributed by atoms with Gasteiger partial charge in [-0.1, -0.05) is 12.1 Å². The molecule has 0 bridgehead atoms. The number of nitrogens with one attached hydrogen (secondary N) is 1. The fourth-order valence-corrected chi connectivity index (χ4v) is 4.26. The summed E-state index contributed by atoms with van der Waals surface area (Å²) in [5.41, 5.74) is -0.126. The maximum atomic E-state index is 12.7. The first kappa shape index (κ1) is 18.9. The summed E-state index contributed by atoms with van der Waals surface area (Å²) in [5.74, 6) is 1.00. The van der Waals surface area contributed by atoms with E-state index in [1.165, 1.54) is 28.4 Å². The summed E-state index contributed by atoms with van der Waals surface area (Å²) < 4.78 is 43.7. The lowest BCUT2D eigenvalue weighted by Gasteiger charge is -2.36. The minimum absolute atomic E-state index is 0.516. The molecule has 1 aliphatic rings. The van der Waals surface area contributed by atoms with Gasteiger partial charge in [0.1, 0.15) is 5.82 Å². The highest BCUT2D eigenvalue weighted by molar-refractivity contribution is 7.80. The molecule has 1 saturated heterocycles. The average molecular weight is 423 g/mol. The fourth-order valence-electron chi connectivity index (χ4n) is 3.17. The van der Waals surface area contributed by atoms with E-state index in [1.54, 1.807) is 0 Å². The highest BCUT2D eigenvalue weighted by Crippen LogP contribution is 2.31. The molecule has 0 saturated carbocycles. The maximum absolute atomic E-state index is 12.7. The predicted octanol–water partition coefficient (Wildman–Crippen LogP) is 4.83. The van der Waals surface area contributed by atoms with E-state index in [1.807, 2.05) is 17.0 Å². The number of halogens is 3. The zero-order chi connectivity index (χ0) is 19.7. The molecule has 2 aromatic carbocycles. The summed E-state index contributed by atoms with van der Waals surface area (Å²) in [6.07, 6.45) is -4.34. The van der Waals surface area contributed by atoms with Crippen molar-refractivity contribution in [2.75, 3.05) is 36.4 Å². The summed E-state index contributed by atoms with van der Waals surface area (Å²) >= 11 is 6.93. The lowest BCUT2D eigenvalue weighted by atomic mass is 10.2. The number of anilines is 2. The summed E-state index contributed by atoms with van der Waals surface area (Å²) in [4.78, 5) is 4.27. The molecule has 4 nitrogen and oxygen atoms in total. The van der Waals surface area contributed by atoms with E-state index in [0.29, 0.717) is 10.8 Å². The van der Waals surface area contributed by atoms with Crippen LogP contribution in [0.4, 0.5) is 24.7 Å². The summed E-state index contributed by atoms with van der Waals surface area (Å²) in [5, 5.41) is 4.70. The van der Waals surface area contributed by atoms with Gasteiger partial charge in [-0.3, -0.25) is 0 Å². The van der Waals surface area contributed by atoms with Gasteiger partial charge in [0.05, 0.1) is 10.3 Å². The SMILES string of the molecule is FC(F)(F)c1ccc(NC(=S)N2CCN(c3nsc4ccccc34)CC2)cc1. The summed E-state index contributed by atoms with van der Waals surface area (Å²) in [6, 6.07) is 13.1. The molecular formula is C19H17F3N4S2. The normalized spacial score (nSPS) is 15.1. The van der Waals surface area contributed by atoms with Crippen molar-refractivity contribution >= 4 is 50.5 Å². The highest BCUT2D eigenvalue weighted by Gasteiger charge is 2.30. The zero-order valence-electron chi connectivity index (χ0n) is 14.7. The van der Waals surface area contributed by atoms with Gasteiger partial charge in [-0.2, -0.15) is 17.5 Å². The Bertz CT molecular complexity index is 977. The molecule has 146 valence electrons. The molecule has 1 aromatic heterocycles. The Labute approximate surface area is 169 Å². The Balaban J connectivity index is 1.36. The second-order valence-corrected chi connectivity index (χ2v) is 7.67. The van der Waals surface area contributed by atoms with Crippen LogP contribution in [-0.2, 0) is 6.18 Å². The number of nitrogens with zero attached hydrogens (tertiary/aromatic N) is 3. The number of thiocarbonyl (C=S) groups is 1. The first-order chi connectivity index (χ1) is 13.4. The van der Waals surface area contributed by atoms with Crippen molar-refractivity contribution in [3.05, 3.63) is 54.1 Å². The largest absolute Gasteiger partial charge is 0.416 e. The van der Waals surface area contributed by atoms with Crippen LogP contribution in [0.25, 0.3) is 10.1 Å². The number of rotatable bonds is 2. The first-order valence-electron chi connectivity index (χ1n) is 8.74. The molecule has 0 atom stereocenters. The van der Waals surface area contributed by atoms with Crippen LogP contribution in [0.1, 0.15) is 5.56 Å². The van der Waals surface area contributed by atoms with Crippen molar-refractivity contribution in [2.24, 2.45) is 0 Å². The molecule has 28 heavy (non-hydrogen) atoms. The summed E-state index contributed by atoms with van der Waals surface area (Å²) in [6.45, 7) is 3.00. The van der Waals surface area contributed by atoms with Gasteiger partial charge in [0.25, 0.3) is 0 Å². The molecular weight excluding hydrogens is 405 g/mol. The van der Waals surface area contributed by atoms with Crippen LogP contribution in [-0.4, -0.2) is 40.6 Å². The molecule has 0 spiro atoms. The van der Waals surface area contributed by atoms with Gasteiger partial charge in [0.15, 0.2) is 5.11 Å². The third kappa shape index (κ3) is 3.90. The van der Waals surface area contributed by atoms with Gasteiger partial charge in [0, 0.05) is 37.3 Å². The third-order valence-corrected chi connectivity index (χ3v) is 5.87. The Morgan fingerprint density at radius 1 is 1.00 bits per heavy atom. The summed E-state index contributed by atoms with van der Waals surface area (Å²) in [7, 11) is 0. The van der Waals surface area contributed by atoms with Crippen molar-refractivity contribution in [3.8, 4) is 0 Å². The van der Waals surface area contributed by atoms with Gasteiger partial charge in [-0.05, 0) is 60.1 Å². The maximum Gasteiger partial charge on any atom is 0.416 e. The van der Waals surface area contributed by atoms with Crippen molar-refractivity contribution < 1.29 is 13.2 Å². The third-order valence-electron chi connectivity index (χ3n) is 4.69. The van der Waals surface area contributed by atoms with Gasteiger partial charge >= 0.3 is 6.18 Å². The monoisotopic (exact) mass is 422 g/mol. The number of hydrogen-bond acceptors (Lipinski definition) is 4. The Morgan fingerprint density at radius 2 is 1.68 bits per heavy atom. The van der Waals surface area contributed by atoms with Crippen molar-refractivity contribution in [3.63, 3.8) is 0 Å². The van der Waals surface area contributed by atoms with Gasteiger partial charge in [0.2, 0.25) is 0 Å². The molecule has 1 aliphatic heterocycles. The Morgan fingerprint density at radius 3 is 2.36 bits per heavy atom. The van der Waals surface area contributed by atoms with Crippen LogP contribution in [0.15, 0.2) is 48.5 Å². The first-order valence-corrected chi connectivity index (χ1v) is 9.92. The molecule has 9 heteroatoms. The van der Waals surface area contributed by atoms with Crippen molar-refractivity contribution in [1.29, 1.82) is 0 Å². The number of fused-ring (bicyclic) bond motifs is 1. The van der Waals surface area contributed by atoms with Gasteiger partial charge in [-0.15, -0.1) is 0 Å². The second-order valence-electron chi connectivity index (χ2n) is 6.48. The van der Waals surface area contributed by atoms with Crippen LogP contribution in [0, 0.1) is 0 Å². The lowest BCUT2D eigenvalue weighted by molar-refractivity contribution is -0.137. The topological polar surface area (TPSA) is 31.4 Å². The van der Waals surface area contributed by atoms with Gasteiger partial charge in [-0.25, -0.2) is 0 Å². The number of hydrogen-bond donors (Lipinski definition) is 1. The van der Waals surface area contributed by atoms with Crippen LogP contribution in [0.3, 0.4) is 0 Å². The average Bonchev–Trinajstić information content (AvgIpc) is 3.12. The number of benzene rings is 2. The molecule has 0 radical (unpaired) electrons. The minimum atomic E-state index is -4.34. The van der Waals surface area contributed by atoms with Crippen LogP contribution < -0.4 is 10.2 Å². The van der Waals surface area contributed by atoms with E-state index in [9.17, 15) is 13.2 Å². The molecule has 1 N–H and O–H groups in total. The standard InChI is InChI=1S/C19H17F3N4S2/c20-19(21,22)13-5-7-14(8-6-13)23-18(27)26-11-9-25(10-12-26)17-15-3-1-2-4-16(15)28-24-17/h1-8H,9-12H2,(H,23,27). The van der Waals surface area contributed by atoms with Crippen LogP contribution in [0.2, 0.25) is 0 Å².